The maximum atomic E-state index is 11.9. The Kier molecular flexibility index (Phi) is 5.72. The van der Waals surface area contributed by atoms with E-state index in [-0.39, 0.29) is 5.91 Å². The van der Waals surface area contributed by atoms with Crippen LogP contribution in [0.3, 0.4) is 0 Å². The number of nitrogens with one attached hydrogen (secondary N) is 1. The summed E-state index contributed by atoms with van der Waals surface area (Å²) in [6, 6.07) is 9.24. The van der Waals surface area contributed by atoms with Gasteiger partial charge in [0.2, 0.25) is 5.91 Å². The van der Waals surface area contributed by atoms with Crippen LogP contribution >= 0.6 is 0 Å². The number of para-hydroxylation sites is 2. The number of hydrogen-bond acceptors (Lipinski definition) is 3. The molecule has 4 nitrogen and oxygen atoms in total. The Morgan fingerprint density at radius 3 is 2.78 bits per heavy atom. The van der Waals surface area contributed by atoms with Gasteiger partial charge in [-0.3, -0.25) is 4.79 Å². The molecule has 0 aromatic heterocycles. The molecule has 0 aliphatic heterocycles. The number of rotatable bonds is 6. The van der Waals surface area contributed by atoms with Crippen LogP contribution in [-0.2, 0) is 4.79 Å². The van der Waals surface area contributed by atoms with Gasteiger partial charge >= 0.3 is 0 Å². The van der Waals surface area contributed by atoms with Gasteiger partial charge < -0.3 is 10.1 Å². The number of nitriles is 1. The predicted octanol–water partition coefficient (Wildman–Crippen LogP) is 2.96. The van der Waals surface area contributed by atoms with E-state index < -0.39 is 5.92 Å². The summed E-state index contributed by atoms with van der Waals surface area (Å²) in [5.41, 5.74) is 0.612. The maximum Gasteiger partial charge on any atom is 0.241 e. The second kappa shape index (κ2) is 7.33. The van der Waals surface area contributed by atoms with Crippen molar-refractivity contribution in [3.63, 3.8) is 0 Å². The van der Waals surface area contributed by atoms with Gasteiger partial charge in [-0.25, -0.2) is 0 Å². The van der Waals surface area contributed by atoms with E-state index in [0.717, 1.165) is 6.42 Å². The number of carbonyl (C=O) groups is 1. The molecular formula is C14H18N2O2. The topological polar surface area (TPSA) is 62.1 Å². The second-order valence-electron chi connectivity index (χ2n) is 3.89. The summed E-state index contributed by atoms with van der Waals surface area (Å²) in [6.07, 6.45) is 1.37. The van der Waals surface area contributed by atoms with E-state index in [9.17, 15) is 4.79 Å². The van der Waals surface area contributed by atoms with Gasteiger partial charge in [-0.1, -0.05) is 25.5 Å². The van der Waals surface area contributed by atoms with E-state index >= 15 is 0 Å². The van der Waals surface area contributed by atoms with Gasteiger partial charge in [0.05, 0.1) is 18.4 Å². The first-order valence-electron chi connectivity index (χ1n) is 6.15. The van der Waals surface area contributed by atoms with Crippen LogP contribution in [0.5, 0.6) is 5.75 Å². The van der Waals surface area contributed by atoms with Crippen molar-refractivity contribution in [3.05, 3.63) is 24.3 Å². The second-order valence-corrected chi connectivity index (χ2v) is 3.89. The van der Waals surface area contributed by atoms with Crippen molar-refractivity contribution in [2.75, 3.05) is 11.9 Å². The molecule has 0 bridgehead atoms. The predicted molar refractivity (Wildman–Crippen MR) is 70.3 cm³/mol. The Bertz CT molecular complexity index is 438. The van der Waals surface area contributed by atoms with Crippen molar-refractivity contribution in [2.45, 2.75) is 26.7 Å². The van der Waals surface area contributed by atoms with Crippen LogP contribution in [0.15, 0.2) is 24.3 Å². The number of nitrogens with zero attached hydrogens (tertiary/aromatic N) is 1. The summed E-state index contributed by atoms with van der Waals surface area (Å²) in [7, 11) is 0. The molecule has 1 atom stereocenters. The van der Waals surface area contributed by atoms with Gasteiger partial charge in [-0.2, -0.15) is 5.26 Å². The average Bonchev–Trinajstić information content (AvgIpc) is 2.38. The van der Waals surface area contributed by atoms with Crippen LogP contribution in [0.25, 0.3) is 0 Å². The van der Waals surface area contributed by atoms with Gasteiger partial charge in [0.25, 0.3) is 0 Å². The molecule has 1 N–H and O–H groups in total. The molecule has 1 amide bonds. The molecule has 0 saturated carbocycles. The Hall–Kier alpha value is -2.02. The minimum atomic E-state index is -0.607. The number of ether oxygens (including phenoxy) is 1. The maximum absolute atomic E-state index is 11.9. The molecule has 1 rings (SSSR count). The Morgan fingerprint density at radius 2 is 2.17 bits per heavy atom. The highest BCUT2D eigenvalue weighted by molar-refractivity contribution is 5.95. The lowest BCUT2D eigenvalue weighted by molar-refractivity contribution is -0.118. The molecule has 0 heterocycles. The van der Waals surface area contributed by atoms with Gasteiger partial charge in [-0.05, 0) is 25.5 Å². The molecule has 0 saturated heterocycles. The van der Waals surface area contributed by atoms with Gasteiger partial charge in [0, 0.05) is 0 Å². The highest BCUT2D eigenvalue weighted by Crippen LogP contribution is 2.24. The van der Waals surface area contributed by atoms with E-state index in [4.69, 9.17) is 10.00 Å². The quantitative estimate of drug-likeness (QED) is 0.839. The molecule has 1 aromatic carbocycles. The van der Waals surface area contributed by atoms with Crippen LogP contribution in [0, 0.1) is 17.2 Å². The van der Waals surface area contributed by atoms with Gasteiger partial charge in [-0.15, -0.1) is 0 Å². The van der Waals surface area contributed by atoms with Gasteiger partial charge in [0.15, 0.2) is 0 Å². The third kappa shape index (κ3) is 3.77. The number of hydrogen-bond donors (Lipinski definition) is 1. The summed E-state index contributed by atoms with van der Waals surface area (Å²) in [6.45, 7) is 4.36. The Balaban J connectivity index is 2.78. The van der Waals surface area contributed by atoms with Crippen LogP contribution in [0.1, 0.15) is 26.7 Å². The first kappa shape index (κ1) is 14.0. The largest absolute Gasteiger partial charge is 0.492 e. The Morgan fingerprint density at radius 1 is 1.44 bits per heavy atom. The summed E-state index contributed by atoms with van der Waals surface area (Å²) in [4.78, 5) is 11.9. The zero-order chi connectivity index (χ0) is 13.4. The number of benzene rings is 1. The van der Waals surface area contributed by atoms with Crippen LogP contribution in [0.4, 0.5) is 5.69 Å². The number of amides is 1. The fourth-order valence-electron chi connectivity index (χ4n) is 1.61. The van der Waals surface area contributed by atoms with Crippen molar-refractivity contribution in [3.8, 4) is 11.8 Å². The van der Waals surface area contributed by atoms with Crippen molar-refractivity contribution in [2.24, 2.45) is 5.92 Å². The van der Waals surface area contributed by atoms with Crippen molar-refractivity contribution >= 4 is 11.6 Å². The van der Waals surface area contributed by atoms with Crippen LogP contribution in [-0.4, -0.2) is 12.5 Å². The molecule has 0 fully saturated rings. The minimum Gasteiger partial charge on any atom is -0.492 e. The van der Waals surface area contributed by atoms with Crippen molar-refractivity contribution in [1.82, 2.24) is 0 Å². The van der Waals surface area contributed by atoms with Crippen LogP contribution < -0.4 is 10.1 Å². The first-order valence-corrected chi connectivity index (χ1v) is 6.15. The molecule has 1 unspecified atom stereocenters. The summed E-state index contributed by atoms with van der Waals surface area (Å²) < 4.78 is 5.41. The molecule has 0 spiro atoms. The molecule has 0 radical (unpaired) electrons. The smallest absolute Gasteiger partial charge is 0.241 e. The van der Waals surface area contributed by atoms with E-state index in [0.29, 0.717) is 24.5 Å². The molecule has 96 valence electrons. The number of carbonyl (C=O) groups excluding carboxylic acids is 1. The third-order valence-electron chi connectivity index (χ3n) is 2.49. The van der Waals surface area contributed by atoms with Crippen molar-refractivity contribution in [1.29, 1.82) is 5.26 Å². The highest BCUT2D eigenvalue weighted by atomic mass is 16.5. The monoisotopic (exact) mass is 246 g/mol. The van der Waals surface area contributed by atoms with Crippen molar-refractivity contribution < 1.29 is 9.53 Å². The minimum absolute atomic E-state index is 0.272. The Labute approximate surface area is 108 Å². The average molecular weight is 246 g/mol. The molecule has 1 aromatic rings. The van der Waals surface area contributed by atoms with E-state index in [1.165, 1.54) is 0 Å². The summed E-state index contributed by atoms with van der Waals surface area (Å²) in [5, 5.41) is 11.7. The molecule has 0 aliphatic rings. The zero-order valence-corrected chi connectivity index (χ0v) is 10.8. The lowest BCUT2D eigenvalue weighted by Gasteiger charge is -2.13. The molecule has 18 heavy (non-hydrogen) atoms. The highest BCUT2D eigenvalue weighted by Gasteiger charge is 2.17. The summed E-state index contributed by atoms with van der Waals surface area (Å²) in [5.74, 6) is -0.252. The summed E-state index contributed by atoms with van der Waals surface area (Å²) >= 11 is 0. The standard InChI is InChI=1S/C14H18N2O2/c1-3-7-11(10-15)14(17)16-12-8-5-6-9-13(12)18-4-2/h5-6,8-9,11H,3-4,7H2,1-2H3,(H,16,17). The molecule has 4 heteroatoms. The van der Waals surface area contributed by atoms with E-state index in [1.807, 2.05) is 32.0 Å². The number of anilines is 1. The molecule has 0 aliphatic carbocycles. The van der Waals surface area contributed by atoms with E-state index in [2.05, 4.69) is 5.32 Å². The van der Waals surface area contributed by atoms with E-state index in [1.54, 1.807) is 12.1 Å². The SMILES string of the molecule is CCCC(C#N)C(=O)Nc1ccccc1OCC. The zero-order valence-electron chi connectivity index (χ0n) is 10.8. The first-order chi connectivity index (χ1) is 8.72. The normalized spacial score (nSPS) is 11.4. The lowest BCUT2D eigenvalue weighted by atomic mass is 10.0. The fraction of sp³-hybridized carbons (Fsp3) is 0.429. The fourth-order valence-corrected chi connectivity index (χ4v) is 1.61. The third-order valence-corrected chi connectivity index (χ3v) is 2.49. The van der Waals surface area contributed by atoms with Gasteiger partial charge in [0.1, 0.15) is 11.7 Å². The lowest BCUT2D eigenvalue weighted by Crippen LogP contribution is -2.21. The van der Waals surface area contributed by atoms with Crippen LogP contribution in [0.2, 0.25) is 0 Å². The molecular weight excluding hydrogens is 228 g/mol.